The highest BCUT2D eigenvalue weighted by Crippen LogP contribution is 2.21. The third kappa shape index (κ3) is 5.87. The molecule has 6 nitrogen and oxygen atoms in total. The number of amides is 1. The highest BCUT2D eigenvalue weighted by Gasteiger charge is 2.18. The van der Waals surface area contributed by atoms with Gasteiger partial charge in [0.15, 0.2) is 6.10 Å². The molecule has 2 aromatic rings. The Bertz CT molecular complexity index is 786. The van der Waals surface area contributed by atoms with Crippen LogP contribution in [0.4, 0.5) is 5.69 Å². The molecule has 0 aromatic heterocycles. The van der Waals surface area contributed by atoms with Crippen molar-refractivity contribution in [2.45, 2.75) is 26.0 Å². The number of methoxy groups -OCH3 is 1. The van der Waals surface area contributed by atoms with E-state index < -0.39 is 6.10 Å². The number of ether oxygens (including phenoxy) is 2. The smallest absolute Gasteiger partial charge is 0.261 e. The van der Waals surface area contributed by atoms with Crippen molar-refractivity contribution in [3.05, 3.63) is 54.1 Å². The van der Waals surface area contributed by atoms with Gasteiger partial charge in [-0.05, 0) is 43.3 Å². The Morgan fingerprint density at radius 2 is 1.76 bits per heavy atom. The zero-order valence-corrected chi connectivity index (χ0v) is 17.6. The van der Waals surface area contributed by atoms with Gasteiger partial charge in [0.1, 0.15) is 11.5 Å². The van der Waals surface area contributed by atoms with E-state index in [1.807, 2.05) is 25.1 Å². The summed E-state index contributed by atoms with van der Waals surface area (Å²) in [5.74, 6) is 1.22. The number of benzene rings is 2. The van der Waals surface area contributed by atoms with Crippen LogP contribution in [0.3, 0.4) is 0 Å². The molecule has 2 aromatic carbocycles. The van der Waals surface area contributed by atoms with Crippen LogP contribution >= 0.6 is 0 Å². The van der Waals surface area contributed by atoms with Crippen molar-refractivity contribution in [3.8, 4) is 11.5 Å². The number of nitrogens with zero attached hydrogens (tertiary/aromatic N) is 2. The van der Waals surface area contributed by atoms with Gasteiger partial charge in [0.05, 0.1) is 7.11 Å². The SMILES string of the molecule is CC[C@H](Oc1cccc(OC)c1)C(=O)NCc1ccc(N2CCN(C)CC2)cc1. The maximum Gasteiger partial charge on any atom is 0.261 e. The molecular weight excluding hydrogens is 366 g/mol. The molecule has 0 unspecified atom stereocenters. The van der Waals surface area contributed by atoms with Crippen LogP contribution in [-0.2, 0) is 11.3 Å². The lowest BCUT2D eigenvalue weighted by molar-refractivity contribution is -0.128. The van der Waals surface area contributed by atoms with Crippen molar-refractivity contribution in [2.75, 3.05) is 45.2 Å². The number of nitrogens with one attached hydrogen (secondary N) is 1. The second kappa shape index (κ2) is 10.2. The van der Waals surface area contributed by atoms with E-state index in [1.165, 1.54) is 5.69 Å². The number of anilines is 1. The van der Waals surface area contributed by atoms with Crippen molar-refractivity contribution in [1.82, 2.24) is 10.2 Å². The van der Waals surface area contributed by atoms with E-state index in [1.54, 1.807) is 13.2 Å². The van der Waals surface area contributed by atoms with Crippen LogP contribution in [-0.4, -0.2) is 57.2 Å². The lowest BCUT2D eigenvalue weighted by atomic mass is 10.1. The zero-order chi connectivity index (χ0) is 20.6. The molecule has 29 heavy (non-hydrogen) atoms. The Labute approximate surface area is 173 Å². The summed E-state index contributed by atoms with van der Waals surface area (Å²) in [5, 5.41) is 2.99. The van der Waals surface area contributed by atoms with Crippen LogP contribution in [0.5, 0.6) is 11.5 Å². The van der Waals surface area contributed by atoms with Crippen LogP contribution < -0.4 is 19.7 Å². The van der Waals surface area contributed by atoms with Crippen LogP contribution in [0.15, 0.2) is 48.5 Å². The van der Waals surface area contributed by atoms with Gasteiger partial charge in [-0.15, -0.1) is 0 Å². The third-order valence-corrected chi connectivity index (χ3v) is 5.25. The highest BCUT2D eigenvalue weighted by atomic mass is 16.5. The van der Waals surface area contributed by atoms with Crippen LogP contribution in [0.25, 0.3) is 0 Å². The first-order valence-electron chi connectivity index (χ1n) is 10.2. The van der Waals surface area contributed by atoms with Gasteiger partial charge >= 0.3 is 0 Å². The lowest BCUT2D eigenvalue weighted by Gasteiger charge is -2.34. The van der Waals surface area contributed by atoms with Gasteiger partial charge < -0.3 is 24.6 Å². The fraction of sp³-hybridized carbons (Fsp3) is 0.435. The Kier molecular flexibility index (Phi) is 7.36. The van der Waals surface area contributed by atoms with Crippen LogP contribution in [0, 0.1) is 0 Å². The molecule has 1 atom stereocenters. The molecule has 1 aliphatic heterocycles. The van der Waals surface area contributed by atoms with Gasteiger partial charge in [-0.1, -0.05) is 25.1 Å². The molecule has 1 fully saturated rings. The molecule has 0 saturated carbocycles. The number of rotatable bonds is 8. The summed E-state index contributed by atoms with van der Waals surface area (Å²) >= 11 is 0. The minimum Gasteiger partial charge on any atom is -0.497 e. The lowest BCUT2D eigenvalue weighted by Crippen LogP contribution is -2.44. The molecule has 3 rings (SSSR count). The second-order valence-corrected chi connectivity index (χ2v) is 7.37. The molecule has 1 heterocycles. The Morgan fingerprint density at radius 1 is 1.07 bits per heavy atom. The van der Waals surface area contributed by atoms with Crippen molar-refractivity contribution >= 4 is 11.6 Å². The fourth-order valence-corrected chi connectivity index (χ4v) is 3.35. The van der Waals surface area contributed by atoms with Crippen LogP contribution in [0.1, 0.15) is 18.9 Å². The largest absolute Gasteiger partial charge is 0.497 e. The molecule has 156 valence electrons. The average molecular weight is 398 g/mol. The standard InChI is InChI=1S/C23H31N3O3/c1-4-22(29-21-7-5-6-20(16-21)28-3)23(27)24-17-18-8-10-19(11-9-18)26-14-12-25(2)13-15-26/h5-11,16,22H,4,12-15,17H2,1-3H3,(H,24,27)/t22-/m0/s1. The molecule has 1 saturated heterocycles. The maximum atomic E-state index is 12.6. The Morgan fingerprint density at radius 3 is 2.41 bits per heavy atom. The summed E-state index contributed by atoms with van der Waals surface area (Å²) in [7, 11) is 3.77. The monoisotopic (exact) mass is 397 g/mol. The molecule has 0 spiro atoms. The summed E-state index contributed by atoms with van der Waals surface area (Å²) in [6.45, 7) is 6.70. The average Bonchev–Trinajstić information content (AvgIpc) is 2.77. The molecule has 0 aliphatic carbocycles. The Hall–Kier alpha value is -2.73. The molecule has 0 bridgehead atoms. The first-order valence-corrected chi connectivity index (χ1v) is 10.2. The van der Waals surface area contributed by atoms with E-state index >= 15 is 0 Å². The fourth-order valence-electron chi connectivity index (χ4n) is 3.35. The quantitative estimate of drug-likeness (QED) is 0.742. The Balaban J connectivity index is 1.52. The van der Waals surface area contributed by atoms with Crippen molar-refractivity contribution in [3.63, 3.8) is 0 Å². The number of hydrogen-bond donors (Lipinski definition) is 1. The maximum absolute atomic E-state index is 12.6. The molecular formula is C23H31N3O3. The van der Waals surface area contributed by atoms with Gasteiger partial charge in [0.25, 0.3) is 5.91 Å². The van der Waals surface area contributed by atoms with Crippen molar-refractivity contribution in [2.24, 2.45) is 0 Å². The van der Waals surface area contributed by atoms with Crippen LogP contribution in [0.2, 0.25) is 0 Å². The molecule has 1 amide bonds. The van der Waals surface area contributed by atoms with E-state index in [0.29, 0.717) is 24.5 Å². The minimum atomic E-state index is -0.535. The molecule has 6 heteroatoms. The summed E-state index contributed by atoms with van der Waals surface area (Å²) in [4.78, 5) is 17.3. The summed E-state index contributed by atoms with van der Waals surface area (Å²) in [6, 6.07) is 15.7. The van der Waals surface area contributed by atoms with E-state index in [-0.39, 0.29) is 5.91 Å². The number of carbonyl (C=O) groups is 1. The normalized spacial score (nSPS) is 15.6. The van der Waals surface area contributed by atoms with Gasteiger partial charge in [-0.25, -0.2) is 0 Å². The van der Waals surface area contributed by atoms with Crippen molar-refractivity contribution < 1.29 is 14.3 Å². The summed E-state index contributed by atoms with van der Waals surface area (Å²) in [6.07, 6.45) is 0.0532. The van der Waals surface area contributed by atoms with Gasteiger partial charge in [-0.3, -0.25) is 4.79 Å². The van der Waals surface area contributed by atoms with Gasteiger partial charge in [-0.2, -0.15) is 0 Å². The first kappa shape index (κ1) is 21.0. The number of likely N-dealkylation sites (N-methyl/N-ethyl adjacent to an activating group) is 1. The van der Waals surface area contributed by atoms with E-state index in [2.05, 4.69) is 46.4 Å². The van der Waals surface area contributed by atoms with E-state index in [0.717, 1.165) is 31.7 Å². The minimum absolute atomic E-state index is 0.113. The van der Waals surface area contributed by atoms with Gasteiger partial charge in [0.2, 0.25) is 0 Å². The number of piperazine rings is 1. The summed E-state index contributed by atoms with van der Waals surface area (Å²) < 4.78 is 11.1. The highest BCUT2D eigenvalue weighted by molar-refractivity contribution is 5.81. The molecule has 0 radical (unpaired) electrons. The van der Waals surface area contributed by atoms with Crippen molar-refractivity contribution in [1.29, 1.82) is 0 Å². The summed E-state index contributed by atoms with van der Waals surface area (Å²) in [5.41, 5.74) is 2.31. The molecule has 1 aliphatic rings. The van der Waals surface area contributed by atoms with Gasteiger partial charge in [0, 0.05) is 44.5 Å². The van der Waals surface area contributed by atoms with E-state index in [9.17, 15) is 4.79 Å². The second-order valence-electron chi connectivity index (χ2n) is 7.37. The molecule has 1 N–H and O–H groups in total. The number of carbonyl (C=O) groups excluding carboxylic acids is 1. The first-order chi connectivity index (χ1) is 14.1. The topological polar surface area (TPSA) is 54.0 Å². The zero-order valence-electron chi connectivity index (χ0n) is 17.6. The predicted molar refractivity (Wildman–Crippen MR) is 116 cm³/mol. The van der Waals surface area contributed by atoms with E-state index in [4.69, 9.17) is 9.47 Å². The number of hydrogen-bond acceptors (Lipinski definition) is 5. The third-order valence-electron chi connectivity index (χ3n) is 5.25. The predicted octanol–water partition coefficient (Wildman–Crippen LogP) is 2.92.